The predicted octanol–water partition coefficient (Wildman–Crippen LogP) is 5.12. The lowest BCUT2D eigenvalue weighted by molar-refractivity contribution is 0.510. The van der Waals surface area contributed by atoms with E-state index in [-0.39, 0.29) is 27.4 Å². The van der Waals surface area contributed by atoms with Gasteiger partial charge in [-0.05, 0) is 36.8 Å². The fraction of sp³-hybridized carbons (Fsp3) is 0.0870. The van der Waals surface area contributed by atoms with E-state index < -0.39 is 31.8 Å². The first-order chi connectivity index (χ1) is 14.7. The van der Waals surface area contributed by atoms with E-state index in [0.29, 0.717) is 0 Å². The third kappa shape index (κ3) is 3.98. The van der Waals surface area contributed by atoms with E-state index >= 15 is 0 Å². The van der Waals surface area contributed by atoms with Crippen molar-refractivity contribution in [3.05, 3.63) is 105 Å². The molecule has 0 unspecified atom stereocenters. The van der Waals surface area contributed by atoms with Crippen LogP contribution in [-0.2, 0) is 16.4 Å². The monoisotopic (exact) mass is 459 g/mol. The number of fused-ring (bicyclic) bond motifs is 1. The third-order valence-electron chi connectivity index (χ3n) is 4.92. The van der Waals surface area contributed by atoms with Crippen molar-refractivity contribution in [3.8, 4) is 0 Å². The van der Waals surface area contributed by atoms with Crippen LogP contribution in [0.4, 0.5) is 8.78 Å². The van der Waals surface area contributed by atoms with Gasteiger partial charge in [-0.1, -0.05) is 47.5 Å². The predicted molar refractivity (Wildman–Crippen MR) is 115 cm³/mol. The second-order valence-corrected chi connectivity index (χ2v) is 9.54. The maximum absolute atomic E-state index is 14.0. The standard InChI is InChI=1S/C23H16ClF2NO3S/c1-14-4-2-5-15(8-14)12-27-13-22(31(29,30)17-7-3-6-16(24)9-17)23(28)18-10-19(25)20(26)11-21(18)27/h2-11,13H,12H2,1H3. The van der Waals surface area contributed by atoms with Crippen LogP contribution in [0.1, 0.15) is 11.1 Å². The van der Waals surface area contributed by atoms with Gasteiger partial charge in [-0.2, -0.15) is 0 Å². The molecule has 0 aliphatic rings. The van der Waals surface area contributed by atoms with Gasteiger partial charge in [0, 0.05) is 23.8 Å². The zero-order chi connectivity index (χ0) is 22.3. The molecule has 4 nitrogen and oxygen atoms in total. The van der Waals surface area contributed by atoms with Crippen molar-refractivity contribution in [3.63, 3.8) is 0 Å². The Morgan fingerprint density at radius 1 is 0.968 bits per heavy atom. The fourth-order valence-electron chi connectivity index (χ4n) is 3.45. The van der Waals surface area contributed by atoms with Gasteiger partial charge in [-0.15, -0.1) is 0 Å². The van der Waals surface area contributed by atoms with E-state index in [1.165, 1.54) is 35.0 Å². The molecule has 0 spiro atoms. The molecule has 8 heteroatoms. The number of hydrogen-bond acceptors (Lipinski definition) is 3. The van der Waals surface area contributed by atoms with Gasteiger partial charge in [-0.3, -0.25) is 4.79 Å². The maximum atomic E-state index is 14.0. The normalized spacial score (nSPS) is 11.7. The SMILES string of the molecule is Cc1cccc(Cn2cc(S(=O)(=O)c3cccc(Cl)c3)c(=O)c3cc(F)c(F)cc32)c1. The van der Waals surface area contributed by atoms with Gasteiger partial charge in [0.05, 0.1) is 15.8 Å². The largest absolute Gasteiger partial charge is 0.341 e. The van der Waals surface area contributed by atoms with Crippen molar-refractivity contribution in [2.75, 3.05) is 0 Å². The van der Waals surface area contributed by atoms with E-state index in [2.05, 4.69) is 0 Å². The van der Waals surface area contributed by atoms with Crippen LogP contribution in [0.2, 0.25) is 5.02 Å². The third-order valence-corrected chi connectivity index (χ3v) is 6.90. The summed E-state index contributed by atoms with van der Waals surface area (Å²) in [6, 6.07) is 14.6. The van der Waals surface area contributed by atoms with Crippen LogP contribution in [0.25, 0.3) is 10.9 Å². The summed E-state index contributed by atoms with van der Waals surface area (Å²) in [5, 5.41) is -0.0373. The van der Waals surface area contributed by atoms with Gasteiger partial charge >= 0.3 is 0 Å². The molecule has 0 saturated carbocycles. The molecule has 0 aliphatic carbocycles. The average molecular weight is 460 g/mol. The molecule has 1 aromatic heterocycles. The van der Waals surface area contributed by atoms with Crippen LogP contribution in [0.15, 0.2) is 81.4 Å². The van der Waals surface area contributed by atoms with E-state index in [1.807, 2.05) is 31.2 Å². The summed E-state index contributed by atoms with van der Waals surface area (Å²) in [6.45, 7) is 2.05. The number of nitrogens with zero attached hydrogens (tertiary/aromatic N) is 1. The highest BCUT2D eigenvalue weighted by Gasteiger charge is 2.25. The maximum Gasteiger partial charge on any atom is 0.211 e. The number of pyridine rings is 1. The molecule has 4 aromatic rings. The quantitative estimate of drug-likeness (QED) is 0.425. The van der Waals surface area contributed by atoms with E-state index in [4.69, 9.17) is 11.6 Å². The number of hydrogen-bond donors (Lipinski definition) is 0. The van der Waals surface area contributed by atoms with Crippen LogP contribution in [-0.4, -0.2) is 13.0 Å². The minimum atomic E-state index is -4.26. The van der Waals surface area contributed by atoms with Crippen LogP contribution in [0.3, 0.4) is 0 Å². The van der Waals surface area contributed by atoms with Crippen molar-refractivity contribution in [1.82, 2.24) is 4.57 Å². The Kier molecular flexibility index (Phi) is 5.41. The molecule has 0 N–H and O–H groups in total. The summed E-state index contributed by atoms with van der Waals surface area (Å²) in [5.41, 5.74) is 0.970. The number of aromatic nitrogens is 1. The van der Waals surface area contributed by atoms with Crippen molar-refractivity contribution >= 4 is 32.3 Å². The molecule has 0 atom stereocenters. The molecule has 31 heavy (non-hydrogen) atoms. The number of halogens is 3. The van der Waals surface area contributed by atoms with Crippen LogP contribution in [0, 0.1) is 18.6 Å². The number of benzene rings is 3. The van der Waals surface area contributed by atoms with Crippen molar-refractivity contribution in [2.45, 2.75) is 23.3 Å². The summed E-state index contributed by atoms with van der Waals surface area (Å²) in [5.74, 6) is -2.36. The van der Waals surface area contributed by atoms with E-state index in [0.717, 1.165) is 23.3 Å². The second-order valence-electron chi connectivity index (χ2n) is 7.18. The Balaban J connectivity index is 2.02. The Morgan fingerprint density at radius 2 is 1.68 bits per heavy atom. The first kappa shape index (κ1) is 21.2. The Morgan fingerprint density at radius 3 is 2.39 bits per heavy atom. The van der Waals surface area contributed by atoms with Crippen LogP contribution < -0.4 is 5.43 Å². The molecule has 0 saturated heterocycles. The molecule has 0 aliphatic heterocycles. The Labute approximate surface area is 182 Å². The molecule has 0 bridgehead atoms. The highest BCUT2D eigenvalue weighted by atomic mass is 35.5. The minimum Gasteiger partial charge on any atom is -0.341 e. The van der Waals surface area contributed by atoms with Crippen LogP contribution in [0.5, 0.6) is 0 Å². The summed E-state index contributed by atoms with van der Waals surface area (Å²) in [6.07, 6.45) is 1.17. The molecule has 0 radical (unpaired) electrons. The van der Waals surface area contributed by atoms with Gasteiger partial charge in [0.1, 0.15) is 4.90 Å². The molecule has 4 rings (SSSR count). The van der Waals surface area contributed by atoms with Gasteiger partial charge in [0.15, 0.2) is 11.6 Å². The molecule has 0 amide bonds. The van der Waals surface area contributed by atoms with Gasteiger partial charge in [0.25, 0.3) is 0 Å². The molecule has 158 valence electrons. The number of aryl methyl sites for hydroxylation is 1. The highest BCUT2D eigenvalue weighted by Crippen LogP contribution is 2.25. The van der Waals surface area contributed by atoms with Crippen LogP contribution >= 0.6 is 11.6 Å². The molecule has 0 fully saturated rings. The Bertz CT molecular complexity index is 1500. The molecular weight excluding hydrogens is 444 g/mol. The topological polar surface area (TPSA) is 56.1 Å². The molecule has 1 heterocycles. The molecular formula is C23H16ClF2NO3S. The zero-order valence-corrected chi connectivity index (χ0v) is 17.8. The summed E-state index contributed by atoms with van der Waals surface area (Å²) >= 11 is 5.93. The summed E-state index contributed by atoms with van der Waals surface area (Å²) in [4.78, 5) is 12.3. The first-order valence-corrected chi connectivity index (χ1v) is 11.1. The summed E-state index contributed by atoms with van der Waals surface area (Å²) < 4.78 is 55.8. The van der Waals surface area contributed by atoms with E-state index in [9.17, 15) is 22.0 Å². The van der Waals surface area contributed by atoms with Gasteiger partial charge < -0.3 is 4.57 Å². The Hall–Kier alpha value is -3.03. The minimum absolute atomic E-state index is 0.0930. The average Bonchev–Trinajstić information content (AvgIpc) is 2.71. The number of sulfone groups is 1. The first-order valence-electron chi connectivity index (χ1n) is 9.25. The van der Waals surface area contributed by atoms with Crippen molar-refractivity contribution < 1.29 is 17.2 Å². The van der Waals surface area contributed by atoms with Gasteiger partial charge in [-0.25, -0.2) is 17.2 Å². The van der Waals surface area contributed by atoms with Crippen molar-refractivity contribution in [1.29, 1.82) is 0 Å². The lowest BCUT2D eigenvalue weighted by Gasteiger charge is -2.15. The molecule has 3 aromatic carbocycles. The fourth-order valence-corrected chi connectivity index (χ4v) is 5.12. The number of rotatable bonds is 4. The zero-order valence-electron chi connectivity index (χ0n) is 16.3. The highest BCUT2D eigenvalue weighted by molar-refractivity contribution is 7.91. The lowest BCUT2D eigenvalue weighted by Crippen LogP contribution is -2.20. The summed E-state index contributed by atoms with van der Waals surface area (Å²) in [7, 11) is -4.26. The van der Waals surface area contributed by atoms with Gasteiger partial charge in [0.2, 0.25) is 15.3 Å². The lowest BCUT2D eigenvalue weighted by atomic mass is 10.1. The van der Waals surface area contributed by atoms with E-state index in [1.54, 1.807) is 0 Å². The smallest absolute Gasteiger partial charge is 0.211 e. The second kappa shape index (κ2) is 7.90. The van der Waals surface area contributed by atoms with Crippen molar-refractivity contribution in [2.24, 2.45) is 0 Å².